The van der Waals surface area contributed by atoms with E-state index in [0.29, 0.717) is 13.1 Å². The minimum Gasteiger partial charge on any atom is -0.338 e. The van der Waals surface area contributed by atoms with Crippen LogP contribution in [-0.4, -0.2) is 47.7 Å². The van der Waals surface area contributed by atoms with Gasteiger partial charge in [-0.1, -0.05) is 42.0 Å². The first-order valence-corrected chi connectivity index (χ1v) is 10.2. The molecule has 0 radical (unpaired) electrons. The Balaban J connectivity index is 1.55. The molecule has 0 bridgehead atoms. The van der Waals surface area contributed by atoms with Crippen LogP contribution in [-0.2, 0) is 20.9 Å². The van der Waals surface area contributed by atoms with Crippen molar-refractivity contribution in [2.45, 2.75) is 33.7 Å². The maximum Gasteiger partial charge on any atom is 0.243 e. The van der Waals surface area contributed by atoms with Crippen molar-refractivity contribution < 1.29 is 14.4 Å². The molecular weight excluding hydrogens is 378 g/mol. The Kier molecular flexibility index (Phi) is 6.55. The Bertz CT molecular complexity index is 953. The van der Waals surface area contributed by atoms with Gasteiger partial charge in [0, 0.05) is 32.2 Å². The van der Waals surface area contributed by atoms with Gasteiger partial charge in [0.1, 0.15) is 0 Å². The van der Waals surface area contributed by atoms with Crippen molar-refractivity contribution in [1.82, 2.24) is 9.80 Å². The molecule has 0 aliphatic carbocycles. The molecule has 2 aromatic carbocycles. The predicted octanol–water partition coefficient (Wildman–Crippen LogP) is 3.06. The van der Waals surface area contributed by atoms with Crippen molar-refractivity contribution in [1.29, 1.82) is 0 Å². The van der Waals surface area contributed by atoms with Gasteiger partial charge in [-0.15, -0.1) is 0 Å². The lowest BCUT2D eigenvalue weighted by Crippen LogP contribution is -2.39. The normalized spacial score (nSPS) is 15.9. The van der Waals surface area contributed by atoms with Gasteiger partial charge in [0.15, 0.2) is 0 Å². The first-order chi connectivity index (χ1) is 14.2. The second kappa shape index (κ2) is 9.11. The third kappa shape index (κ3) is 5.26. The molecule has 2 aromatic rings. The first-order valence-electron chi connectivity index (χ1n) is 10.2. The molecule has 0 unspecified atom stereocenters. The average molecular weight is 408 g/mol. The third-order valence-corrected chi connectivity index (χ3v) is 5.48. The van der Waals surface area contributed by atoms with E-state index < -0.39 is 5.92 Å². The highest BCUT2D eigenvalue weighted by atomic mass is 16.2. The molecule has 1 atom stereocenters. The molecule has 6 heteroatoms. The van der Waals surface area contributed by atoms with Crippen LogP contribution < -0.4 is 5.32 Å². The van der Waals surface area contributed by atoms with Crippen molar-refractivity contribution >= 4 is 23.4 Å². The van der Waals surface area contributed by atoms with Crippen molar-refractivity contribution in [2.75, 3.05) is 25.5 Å². The van der Waals surface area contributed by atoms with E-state index in [9.17, 15) is 14.4 Å². The Morgan fingerprint density at radius 1 is 1.07 bits per heavy atom. The van der Waals surface area contributed by atoms with E-state index in [0.717, 1.165) is 22.4 Å². The zero-order valence-corrected chi connectivity index (χ0v) is 18.1. The minimum absolute atomic E-state index is 0.0258. The van der Waals surface area contributed by atoms with Crippen LogP contribution in [0, 0.1) is 26.7 Å². The van der Waals surface area contributed by atoms with E-state index in [1.165, 1.54) is 10.5 Å². The van der Waals surface area contributed by atoms with E-state index in [1.807, 2.05) is 63.2 Å². The Hall–Kier alpha value is -3.15. The quantitative estimate of drug-likeness (QED) is 0.800. The molecule has 1 heterocycles. The van der Waals surface area contributed by atoms with Crippen LogP contribution in [0.4, 0.5) is 5.69 Å². The fourth-order valence-corrected chi connectivity index (χ4v) is 3.67. The van der Waals surface area contributed by atoms with Gasteiger partial charge in [0.25, 0.3) is 0 Å². The number of amides is 3. The maximum atomic E-state index is 12.8. The molecule has 6 nitrogen and oxygen atoms in total. The van der Waals surface area contributed by atoms with Crippen LogP contribution in [0.5, 0.6) is 0 Å². The van der Waals surface area contributed by atoms with Gasteiger partial charge < -0.3 is 15.1 Å². The van der Waals surface area contributed by atoms with E-state index in [1.54, 1.807) is 11.9 Å². The lowest BCUT2D eigenvalue weighted by Gasteiger charge is -2.21. The van der Waals surface area contributed by atoms with E-state index in [-0.39, 0.29) is 30.7 Å². The zero-order valence-electron chi connectivity index (χ0n) is 18.1. The molecule has 1 fully saturated rings. The minimum atomic E-state index is -0.415. The highest BCUT2D eigenvalue weighted by Gasteiger charge is 2.36. The Labute approximate surface area is 177 Å². The van der Waals surface area contributed by atoms with Crippen molar-refractivity contribution in [3.63, 3.8) is 0 Å². The molecule has 1 N–H and O–H groups in total. The fourth-order valence-electron chi connectivity index (χ4n) is 3.67. The summed E-state index contributed by atoms with van der Waals surface area (Å²) in [6, 6.07) is 13.9. The number of nitrogens with zero attached hydrogens (tertiary/aromatic N) is 2. The predicted molar refractivity (Wildman–Crippen MR) is 117 cm³/mol. The van der Waals surface area contributed by atoms with E-state index in [4.69, 9.17) is 0 Å². The van der Waals surface area contributed by atoms with Crippen LogP contribution in [0.15, 0.2) is 42.5 Å². The SMILES string of the molecule is Cc1ccc(CN2C[C@@H](C(=O)N(C)CC(=O)Nc3cc(C)ccc3C)CC2=O)cc1. The van der Waals surface area contributed by atoms with E-state index in [2.05, 4.69) is 5.32 Å². The molecule has 1 saturated heterocycles. The van der Waals surface area contributed by atoms with Crippen LogP contribution in [0.3, 0.4) is 0 Å². The summed E-state index contributed by atoms with van der Waals surface area (Å²) in [5, 5.41) is 2.87. The van der Waals surface area contributed by atoms with Gasteiger partial charge in [0.05, 0.1) is 12.5 Å². The molecule has 0 aromatic heterocycles. The fraction of sp³-hybridized carbons (Fsp3) is 0.375. The number of aryl methyl sites for hydroxylation is 3. The Morgan fingerprint density at radius 3 is 2.43 bits per heavy atom. The molecule has 30 heavy (non-hydrogen) atoms. The Morgan fingerprint density at radius 2 is 1.73 bits per heavy atom. The number of likely N-dealkylation sites (tertiary alicyclic amines) is 1. The molecule has 1 aliphatic rings. The van der Waals surface area contributed by atoms with Crippen LogP contribution in [0.25, 0.3) is 0 Å². The van der Waals surface area contributed by atoms with Crippen LogP contribution in [0.2, 0.25) is 0 Å². The average Bonchev–Trinajstić information content (AvgIpc) is 3.06. The number of nitrogens with one attached hydrogen (secondary N) is 1. The van der Waals surface area contributed by atoms with Crippen molar-refractivity contribution in [3.8, 4) is 0 Å². The van der Waals surface area contributed by atoms with Crippen molar-refractivity contribution in [2.24, 2.45) is 5.92 Å². The zero-order chi connectivity index (χ0) is 21.8. The van der Waals surface area contributed by atoms with Crippen LogP contribution >= 0.6 is 0 Å². The number of likely N-dealkylation sites (N-methyl/N-ethyl adjacent to an activating group) is 1. The number of anilines is 1. The summed E-state index contributed by atoms with van der Waals surface area (Å²) >= 11 is 0. The standard InChI is InChI=1S/C24H29N3O3/c1-16-6-9-19(10-7-16)13-27-14-20(12-23(27)29)24(30)26(4)15-22(28)25-21-11-17(2)5-8-18(21)3/h5-11,20H,12-15H2,1-4H3,(H,25,28)/t20-/m0/s1. The number of carbonyl (C=O) groups is 3. The van der Waals surface area contributed by atoms with Gasteiger partial charge in [0.2, 0.25) is 17.7 Å². The molecule has 3 amide bonds. The number of carbonyl (C=O) groups excluding carboxylic acids is 3. The van der Waals surface area contributed by atoms with Gasteiger partial charge in [-0.2, -0.15) is 0 Å². The second-order valence-corrected chi connectivity index (χ2v) is 8.22. The monoisotopic (exact) mass is 407 g/mol. The lowest BCUT2D eigenvalue weighted by molar-refractivity contribution is -0.137. The topological polar surface area (TPSA) is 69.7 Å². The highest BCUT2D eigenvalue weighted by Crippen LogP contribution is 2.22. The van der Waals surface area contributed by atoms with Crippen LogP contribution in [0.1, 0.15) is 28.7 Å². The summed E-state index contributed by atoms with van der Waals surface area (Å²) in [6.07, 6.45) is 0.188. The molecule has 1 aliphatic heterocycles. The van der Waals surface area contributed by atoms with Gasteiger partial charge in [-0.3, -0.25) is 14.4 Å². The molecule has 0 spiro atoms. The van der Waals surface area contributed by atoms with E-state index >= 15 is 0 Å². The molecule has 3 rings (SSSR count). The van der Waals surface area contributed by atoms with Gasteiger partial charge in [-0.25, -0.2) is 0 Å². The summed E-state index contributed by atoms with van der Waals surface area (Å²) in [7, 11) is 1.61. The number of benzene rings is 2. The number of hydrogen-bond donors (Lipinski definition) is 1. The van der Waals surface area contributed by atoms with Gasteiger partial charge >= 0.3 is 0 Å². The summed E-state index contributed by atoms with van der Waals surface area (Å²) in [5.41, 5.74) is 4.99. The summed E-state index contributed by atoms with van der Waals surface area (Å²) in [5.74, 6) is -0.866. The summed E-state index contributed by atoms with van der Waals surface area (Å²) in [6.45, 7) is 6.75. The number of rotatable bonds is 6. The molecular formula is C24H29N3O3. The highest BCUT2D eigenvalue weighted by molar-refractivity contribution is 5.96. The lowest BCUT2D eigenvalue weighted by atomic mass is 10.1. The molecule has 0 saturated carbocycles. The smallest absolute Gasteiger partial charge is 0.243 e. The van der Waals surface area contributed by atoms with Gasteiger partial charge in [-0.05, 0) is 43.5 Å². The first kappa shape index (κ1) is 21.6. The third-order valence-electron chi connectivity index (χ3n) is 5.48. The molecule has 158 valence electrons. The largest absolute Gasteiger partial charge is 0.338 e. The van der Waals surface area contributed by atoms with Crippen molar-refractivity contribution in [3.05, 3.63) is 64.7 Å². The second-order valence-electron chi connectivity index (χ2n) is 8.22. The maximum absolute atomic E-state index is 12.8. The number of hydrogen-bond acceptors (Lipinski definition) is 3. The summed E-state index contributed by atoms with van der Waals surface area (Å²) < 4.78 is 0. The summed E-state index contributed by atoms with van der Waals surface area (Å²) in [4.78, 5) is 40.8.